The molecule has 0 spiro atoms. The highest BCUT2D eigenvalue weighted by molar-refractivity contribution is 6.30. The predicted octanol–water partition coefficient (Wildman–Crippen LogP) is 3.04. The Balaban J connectivity index is 2.78. The third-order valence-corrected chi connectivity index (χ3v) is 2.96. The summed E-state index contributed by atoms with van der Waals surface area (Å²) >= 11 is 6.09. The first-order valence-corrected chi connectivity index (χ1v) is 7.28. The van der Waals surface area contributed by atoms with Gasteiger partial charge in [0.25, 0.3) is 0 Å². The van der Waals surface area contributed by atoms with Crippen molar-refractivity contribution >= 4 is 11.6 Å². The molecular weight excluding hydrogens is 278 g/mol. The van der Waals surface area contributed by atoms with Crippen LogP contribution in [0, 0.1) is 0 Å². The molecule has 0 radical (unpaired) electrons. The fraction of sp³-hybridized carbons (Fsp3) is 0.600. The normalized spacial score (nSPS) is 12.2. The van der Waals surface area contributed by atoms with E-state index >= 15 is 0 Å². The summed E-state index contributed by atoms with van der Waals surface area (Å²) < 4.78 is 16.5. The first-order chi connectivity index (χ1) is 9.58. The Morgan fingerprint density at radius 3 is 2.65 bits per heavy atom. The number of ether oxygens (including phenoxy) is 3. The minimum absolute atomic E-state index is 0.0314. The number of benzene rings is 1. The van der Waals surface area contributed by atoms with Crippen LogP contribution < -0.4 is 15.2 Å². The monoisotopic (exact) mass is 301 g/mol. The first-order valence-electron chi connectivity index (χ1n) is 6.91. The van der Waals surface area contributed by atoms with Gasteiger partial charge >= 0.3 is 0 Å². The SMILES string of the molecule is CCOCCCOc1c(CC(C)N)cc(Cl)cc1OC. The van der Waals surface area contributed by atoms with E-state index in [1.54, 1.807) is 13.2 Å². The fourth-order valence-electron chi connectivity index (χ4n) is 1.92. The molecule has 0 heterocycles. The Morgan fingerprint density at radius 1 is 1.30 bits per heavy atom. The van der Waals surface area contributed by atoms with E-state index in [-0.39, 0.29) is 6.04 Å². The van der Waals surface area contributed by atoms with Crippen LogP contribution in [0.5, 0.6) is 11.5 Å². The van der Waals surface area contributed by atoms with E-state index in [1.807, 2.05) is 19.9 Å². The van der Waals surface area contributed by atoms with E-state index in [9.17, 15) is 0 Å². The zero-order chi connectivity index (χ0) is 15.0. The predicted molar refractivity (Wildman–Crippen MR) is 82.0 cm³/mol. The Morgan fingerprint density at radius 2 is 2.05 bits per heavy atom. The van der Waals surface area contributed by atoms with Gasteiger partial charge in [0, 0.05) is 42.3 Å². The van der Waals surface area contributed by atoms with Gasteiger partial charge in [-0.05, 0) is 26.3 Å². The second kappa shape index (κ2) is 9.06. The summed E-state index contributed by atoms with van der Waals surface area (Å²) in [6.45, 7) is 5.91. The van der Waals surface area contributed by atoms with Crippen molar-refractivity contribution in [1.82, 2.24) is 0 Å². The molecule has 0 aliphatic heterocycles. The molecule has 114 valence electrons. The minimum Gasteiger partial charge on any atom is -0.493 e. The van der Waals surface area contributed by atoms with Gasteiger partial charge < -0.3 is 19.9 Å². The summed E-state index contributed by atoms with van der Waals surface area (Å²) in [7, 11) is 1.61. The molecule has 0 saturated carbocycles. The van der Waals surface area contributed by atoms with Crippen molar-refractivity contribution < 1.29 is 14.2 Å². The van der Waals surface area contributed by atoms with Crippen molar-refractivity contribution in [2.45, 2.75) is 32.7 Å². The van der Waals surface area contributed by atoms with Gasteiger partial charge in [0.1, 0.15) is 0 Å². The van der Waals surface area contributed by atoms with Gasteiger partial charge in [-0.3, -0.25) is 0 Å². The minimum atomic E-state index is 0.0314. The summed E-state index contributed by atoms with van der Waals surface area (Å²) in [6, 6.07) is 3.67. The second-order valence-corrected chi connectivity index (χ2v) is 5.11. The van der Waals surface area contributed by atoms with Gasteiger partial charge in [0.2, 0.25) is 0 Å². The zero-order valence-corrected chi connectivity index (χ0v) is 13.2. The van der Waals surface area contributed by atoms with Crippen LogP contribution >= 0.6 is 11.6 Å². The van der Waals surface area contributed by atoms with Gasteiger partial charge in [-0.1, -0.05) is 11.6 Å². The highest BCUT2D eigenvalue weighted by atomic mass is 35.5. The van der Waals surface area contributed by atoms with Crippen molar-refractivity contribution in [3.63, 3.8) is 0 Å². The van der Waals surface area contributed by atoms with Gasteiger partial charge in [-0.2, -0.15) is 0 Å². The molecule has 0 aromatic heterocycles. The van der Waals surface area contributed by atoms with E-state index in [2.05, 4.69) is 0 Å². The number of methoxy groups -OCH3 is 1. The summed E-state index contributed by atoms with van der Waals surface area (Å²) in [5.41, 5.74) is 6.84. The Labute approximate surface area is 126 Å². The molecule has 5 heteroatoms. The van der Waals surface area contributed by atoms with Crippen molar-refractivity contribution in [2.24, 2.45) is 5.73 Å². The van der Waals surface area contributed by atoms with Gasteiger partial charge in [0.15, 0.2) is 11.5 Å². The lowest BCUT2D eigenvalue weighted by molar-refractivity contribution is 0.130. The molecule has 0 aliphatic carbocycles. The lowest BCUT2D eigenvalue weighted by atomic mass is 10.1. The van der Waals surface area contributed by atoms with E-state index in [4.69, 9.17) is 31.5 Å². The lowest BCUT2D eigenvalue weighted by Gasteiger charge is -2.17. The largest absolute Gasteiger partial charge is 0.493 e. The fourth-order valence-corrected chi connectivity index (χ4v) is 2.15. The van der Waals surface area contributed by atoms with Crippen LogP contribution in [0.2, 0.25) is 5.02 Å². The molecule has 4 nitrogen and oxygen atoms in total. The molecule has 1 atom stereocenters. The van der Waals surface area contributed by atoms with Crippen LogP contribution in [0.1, 0.15) is 25.8 Å². The topological polar surface area (TPSA) is 53.7 Å². The summed E-state index contributed by atoms with van der Waals surface area (Å²) in [4.78, 5) is 0. The summed E-state index contributed by atoms with van der Waals surface area (Å²) in [5, 5.41) is 0.624. The Kier molecular flexibility index (Phi) is 7.73. The van der Waals surface area contributed by atoms with E-state index < -0.39 is 0 Å². The average Bonchev–Trinajstić information content (AvgIpc) is 2.39. The van der Waals surface area contributed by atoms with Crippen LogP contribution in [0.3, 0.4) is 0 Å². The number of hydrogen-bond acceptors (Lipinski definition) is 4. The van der Waals surface area contributed by atoms with Crippen molar-refractivity contribution in [3.8, 4) is 11.5 Å². The highest BCUT2D eigenvalue weighted by Crippen LogP contribution is 2.35. The van der Waals surface area contributed by atoms with Crippen molar-refractivity contribution in [1.29, 1.82) is 0 Å². The average molecular weight is 302 g/mol. The molecular formula is C15H24ClNO3. The van der Waals surface area contributed by atoms with Crippen LogP contribution in [-0.4, -0.2) is 33.0 Å². The molecule has 0 saturated heterocycles. The van der Waals surface area contributed by atoms with E-state index in [0.29, 0.717) is 30.4 Å². The van der Waals surface area contributed by atoms with Crippen LogP contribution in [-0.2, 0) is 11.2 Å². The molecule has 20 heavy (non-hydrogen) atoms. The Bertz CT molecular complexity index is 410. The van der Waals surface area contributed by atoms with Crippen LogP contribution in [0.25, 0.3) is 0 Å². The van der Waals surface area contributed by atoms with E-state index in [0.717, 1.165) is 24.3 Å². The maximum atomic E-state index is 6.09. The number of halogens is 1. The molecule has 2 N–H and O–H groups in total. The van der Waals surface area contributed by atoms with Gasteiger partial charge in [-0.25, -0.2) is 0 Å². The summed E-state index contributed by atoms with van der Waals surface area (Å²) in [5.74, 6) is 1.37. The quantitative estimate of drug-likeness (QED) is 0.712. The molecule has 1 unspecified atom stereocenters. The third kappa shape index (κ3) is 5.57. The summed E-state index contributed by atoms with van der Waals surface area (Å²) in [6.07, 6.45) is 1.52. The molecule has 1 rings (SSSR count). The van der Waals surface area contributed by atoms with Crippen LogP contribution in [0.4, 0.5) is 0 Å². The van der Waals surface area contributed by atoms with E-state index in [1.165, 1.54) is 0 Å². The molecule has 0 bridgehead atoms. The van der Waals surface area contributed by atoms with Crippen LogP contribution in [0.15, 0.2) is 12.1 Å². The number of nitrogens with two attached hydrogens (primary N) is 1. The molecule has 1 aromatic rings. The van der Waals surface area contributed by atoms with Gasteiger partial charge in [-0.15, -0.1) is 0 Å². The molecule has 1 aromatic carbocycles. The molecule has 0 fully saturated rings. The first kappa shape index (κ1) is 17.1. The van der Waals surface area contributed by atoms with Crippen molar-refractivity contribution in [3.05, 3.63) is 22.7 Å². The highest BCUT2D eigenvalue weighted by Gasteiger charge is 2.14. The second-order valence-electron chi connectivity index (χ2n) is 4.68. The standard InChI is InChI=1S/C15H24ClNO3/c1-4-19-6-5-7-20-15-12(8-11(2)17)9-13(16)10-14(15)18-3/h9-11H,4-8,17H2,1-3H3. The maximum absolute atomic E-state index is 6.09. The number of hydrogen-bond donors (Lipinski definition) is 1. The lowest BCUT2D eigenvalue weighted by Crippen LogP contribution is -2.18. The van der Waals surface area contributed by atoms with Crippen molar-refractivity contribution in [2.75, 3.05) is 26.9 Å². The molecule has 0 amide bonds. The Hall–Kier alpha value is -0.970. The number of rotatable bonds is 9. The van der Waals surface area contributed by atoms with Gasteiger partial charge in [0.05, 0.1) is 13.7 Å². The zero-order valence-electron chi connectivity index (χ0n) is 12.4. The molecule has 0 aliphatic rings. The third-order valence-electron chi connectivity index (χ3n) is 2.74. The smallest absolute Gasteiger partial charge is 0.164 e. The maximum Gasteiger partial charge on any atom is 0.164 e.